The summed E-state index contributed by atoms with van der Waals surface area (Å²) in [7, 11) is 0. The van der Waals surface area contributed by atoms with Crippen LogP contribution in [-0.2, 0) is 12.1 Å². The van der Waals surface area contributed by atoms with Crippen molar-refractivity contribution < 1.29 is 4.79 Å². The minimum Gasteiger partial charge on any atom is -0.364 e. The van der Waals surface area contributed by atoms with E-state index < -0.39 is 5.91 Å². The fraction of sp³-hybridized carbons (Fsp3) is 0.471. The molecule has 1 aliphatic rings. The molecule has 2 N–H and O–H groups in total. The van der Waals surface area contributed by atoms with Crippen LogP contribution < -0.4 is 5.73 Å². The van der Waals surface area contributed by atoms with Gasteiger partial charge in [-0.05, 0) is 58.4 Å². The number of nitrogens with two attached hydrogens (primary N) is 1. The van der Waals surface area contributed by atoms with Crippen LogP contribution in [0.5, 0.6) is 0 Å². The zero-order valence-corrected chi connectivity index (χ0v) is 14.6. The maximum Gasteiger partial charge on any atom is 0.267 e. The van der Waals surface area contributed by atoms with Gasteiger partial charge in [0, 0.05) is 22.0 Å². The van der Waals surface area contributed by atoms with Crippen LogP contribution in [0, 0.1) is 13.8 Å². The molecule has 0 saturated carbocycles. The zero-order valence-electron chi connectivity index (χ0n) is 13.8. The topological polar surface area (TPSA) is 72.1 Å². The average Bonchev–Trinajstić information content (AvgIpc) is 3.06. The van der Waals surface area contributed by atoms with Crippen LogP contribution in [0.1, 0.15) is 51.5 Å². The summed E-state index contributed by atoms with van der Waals surface area (Å²) in [5, 5.41) is 0. The quantitative estimate of drug-likeness (QED) is 0.935. The highest BCUT2D eigenvalue weighted by Gasteiger charge is 2.41. The molecule has 0 spiro atoms. The third-order valence-corrected chi connectivity index (χ3v) is 5.51. The first-order chi connectivity index (χ1) is 10.9. The number of carbonyl (C=O) groups is 1. The first-order valence-corrected chi connectivity index (χ1v) is 8.66. The molecule has 122 valence electrons. The highest BCUT2D eigenvalue weighted by atomic mass is 32.1. The fourth-order valence-electron chi connectivity index (χ4n) is 3.22. The van der Waals surface area contributed by atoms with E-state index in [1.54, 1.807) is 6.07 Å². The number of aromatic nitrogens is 2. The molecule has 6 heteroatoms. The molecule has 0 unspecified atom stereocenters. The number of rotatable bonds is 4. The number of primary amides is 1. The van der Waals surface area contributed by atoms with Crippen LogP contribution in [0.3, 0.4) is 0 Å². The van der Waals surface area contributed by atoms with Crippen molar-refractivity contribution in [3.8, 4) is 0 Å². The van der Waals surface area contributed by atoms with Crippen molar-refractivity contribution in [2.75, 3.05) is 6.54 Å². The van der Waals surface area contributed by atoms with E-state index in [2.05, 4.69) is 40.8 Å². The van der Waals surface area contributed by atoms with E-state index in [1.165, 1.54) is 9.75 Å². The van der Waals surface area contributed by atoms with Crippen LogP contribution in [0.2, 0.25) is 0 Å². The van der Waals surface area contributed by atoms with Crippen molar-refractivity contribution in [3.05, 3.63) is 45.2 Å². The molecule has 1 fully saturated rings. The third kappa shape index (κ3) is 3.14. The molecular weight excluding hydrogens is 308 g/mol. The minimum absolute atomic E-state index is 0.256. The summed E-state index contributed by atoms with van der Waals surface area (Å²) in [5.41, 5.74) is 6.24. The van der Waals surface area contributed by atoms with E-state index in [9.17, 15) is 4.79 Å². The second kappa shape index (κ2) is 6.02. The normalized spacial score (nSPS) is 21.7. The van der Waals surface area contributed by atoms with Crippen LogP contribution in [-0.4, -0.2) is 27.3 Å². The van der Waals surface area contributed by atoms with Gasteiger partial charge < -0.3 is 5.73 Å². The first kappa shape index (κ1) is 16.1. The Hall–Kier alpha value is -1.79. The van der Waals surface area contributed by atoms with Crippen LogP contribution in [0.15, 0.2) is 18.2 Å². The molecule has 2 aromatic rings. The molecule has 3 rings (SSSR count). The average molecular weight is 330 g/mol. The van der Waals surface area contributed by atoms with Crippen LogP contribution >= 0.6 is 11.3 Å². The number of amides is 1. The highest BCUT2D eigenvalue weighted by molar-refractivity contribution is 7.11. The van der Waals surface area contributed by atoms with Crippen molar-refractivity contribution in [2.24, 2.45) is 5.73 Å². The summed E-state index contributed by atoms with van der Waals surface area (Å²) < 4.78 is 0. The molecule has 5 nitrogen and oxygen atoms in total. The Labute approximate surface area is 140 Å². The Bertz CT molecular complexity index is 742. The largest absolute Gasteiger partial charge is 0.364 e. The van der Waals surface area contributed by atoms with Gasteiger partial charge in [-0.1, -0.05) is 0 Å². The smallest absolute Gasteiger partial charge is 0.267 e. The number of hydrogen-bond acceptors (Lipinski definition) is 5. The fourth-order valence-corrected chi connectivity index (χ4v) is 4.13. The van der Waals surface area contributed by atoms with Crippen molar-refractivity contribution in [1.29, 1.82) is 0 Å². The molecular formula is C17H22N4OS. The third-order valence-electron chi connectivity index (χ3n) is 4.52. The van der Waals surface area contributed by atoms with Crippen molar-refractivity contribution >= 4 is 17.2 Å². The zero-order chi connectivity index (χ0) is 16.6. The Morgan fingerprint density at radius 2 is 2.17 bits per heavy atom. The van der Waals surface area contributed by atoms with Gasteiger partial charge in [-0.15, -0.1) is 11.3 Å². The van der Waals surface area contributed by atoms with Gasteiger partial charge in [0.2, 0.25) is 0 Å². The number of aryl methyl sites for hydroxylation is 2. The summed E-state index contributed by atoms with van der Waals surface area (Å²) in [6, 6.07) is 5.99. The molecule has 0 bridgehead atoms. The number of thiophene rings is 1. The number of nitrogens with zero attached hydrogens (tertiary/aromatic N) is 3. The molecule has 23 heavy (non-hydrogen) atoms. The molecule has 0 aliphatic carbocycles. The number of hydrogen-bond donors (Lipinski definition) is 1. The molecule has 2 aromatic heterocycles. The van der Waals surface area contributed by atoms with Gasteiger partial charge in [-0.3, -0.25) is 9.69 Å². The molecule has 0 aromatic carbocycles. The maximum atomic E-state index is 11.5. The lowest BCUT2D eigenvalue weighted by molar-refractivity contribution is 0.0991. The standard InChI is InChI=1S/C17H22N4OS/c1-11-9-14(15(18)22)20-16(19-11)17(3)7-4-8-21(17)10-13-6-5-12(2)23-13/h5-6,9H,4,7-8,10H2,1-3H3,(H2,18,22)/t17-/m0/s1. The van der Waals surface area contributed by atoms with Gasteiger partial charge >= 0.3 is 0 Å². The predicted molar refractivity (Wildman–Crippen MR) is 91.3 cm³/mol. The first-order valence-electron chi connectivity index (χ1n) is 7.85. The van der Waals surface area contributed by atoms with E-state index in [0.717, 1.165) is 31.6 Å². The number of likely N-dealkylation sites (tertiary alicyclic amines) is 1. The second-order valence-corrected chi connectivity index (χ2v) is 7.77. The molecule has 3 heterocycles. The van der Waals surface area contributed by atoms with Gasteiger partial charge in [0.05, 0.1) is 5.54 Å². The van der Waals surface area contributed by atoms with Gasteiger partial charge in [0.25, 0.3) is 5.91 Å². The molecule has 1 saturated heterocycles. The summed E-state index contributed by atoms with van der Waals surface area (Å²) >= 11 is 1.83. The molecule has 1 amide bonds. The summed E-state index contributed by atoms with van der Waals surface area (Å²) in [6.07, 6.45) is 2.09. The van der Waals surface area contributed by atoms with E-state index in [4.69, 9.17) is 5.73 Å². The SMILES string of the molecule is Cc1cc(C(N)=O)nc([C@]2(C)CCCN2Cc2ccc(C)s2)n1. The minimum atomic E-state index is -0.501. The Morgan fingerprint density at radius 1 is 1.39 bits per heavy atom. The van der Waals surface area contributed by atoms with Crippen molar-refractivity contribution in [2.45, 2.75) is 45.7 Å². The molecule has 0 radical (unpaired) electrons. The summed E-state index contributed by atoms with van der Waals surface area (Å²) in [5.74, 6) is 0.204. The second-order valence-electron chi connectivity index (χ2n) is 6.39. The van der Waals surface area contributed by atoms with Crippen molar-refractivity contribution in [1.82, 2.24) is 14.9 Å². The summed E-state index contributed by atoms with van der Waals surface area (Å²) in [4.78, 5) is 25.7. The lowest BCUT2D eigenvalue weighted by Gasteiger charge is -2.33. The lowest BCUT2D eigenvalue weighted by atomic mass is 9.97. The van der Waals surface area contributed by atoms with E-state index in [1.807, 2.05) is 18.3 Å². The van der Waals surface area contributed by atoms with Gasteiger partial charge in [0.1, 0.15) is 11.5 Å². The van der Waals surface area contributed by atoms with Crippen LogP contribution in [0.4, 0.5) is 0 Å². The van der Waals surface area contributed by atoms with Gasteiger partial charge in [-0.2, -0.15) is 0 Å². The Morgan fingerprint density at radius 3 is 2.83 bits per heavy atom. The van der Waals surface area contributed by atoms with Gasteiger partial charge in [-0.25, -0.2) is 9.97 Å². The predicted octanol–water partition coefficient (Wildman–Crippen LogP) is 2.77. The summed E-state index contributed by atoms with van der Waals surface area (Å²) in [6.45, 7) is 8.07. The van der Waals surface area contributed by atoms with Crippen molar-refractivity contribution in [3.63, 3.8) is 0 Å². The highest BCUT2D eigenvalue weighted by Crippen LogP contribution is 2.38. The molecule has 1 aliphatic heterocycles. The van der Waals surface area contributed by atoms with Gasteiger partial charge in [0.15, 0.2) is 0 Å². The maximum absolute atomic E-state index is 11.5. The van der Waals surface area contributed by atoms with E-state index >= 15 is 0 Å². The lowest BCUT2D eigenvalue weighted by Crippen LogP contribution is -2.40. The van der Waals surface area contributed by atoms with Crippen LogP contribution in [0.25, 0.3) is 0 Å². The Kier molecular flexibility index (Phi) is 4.21. The monoisotopic (exact) mass is 330 g/mol. The van der Waals surface area contributed by atoms with E-state index in [-0.39, 0.29) is 5.54 Å². The van der Waals surface area contributed by atoms with E-state index in [0.29, 0.717) is 11.5 Å². The molecule has 1 atom stereocenters. The number of carbonyl (C=O) groups excluding carboxylic acids is 1. The Balaban J connectivity index is 1.94.